The van der Waals surface area contributed by atoms with E-state index in [2.05, 4.69) is 54.3 Å². The monoisotopic (exact) mass is 263 g/mol. The number of benzene rings is 1. The van der Waals surface area contributed by atoms with Crippen molar-refractivity contribution in [1.29, 1.82) is 0 Å². The normalized spacial score (nSPS) is 21.1. The summed E-state index contributed by atoms with van der Waals surface area (Å²) in [5.41, 5.74) is 1.46. The Balaban J connectivity index is 1.93. The minimum Gasteiger partial charge on any atom is -0.306 e. The van der Waals surface area contributed by atoms with Crippen LogP contribution in [-0.2, 0) is 0 Å². The fourth-order valence-corrected chi connectivity index (χ4v) is 3.75. The van der Waals surface area contributed by atoms with E-state index in [0.29, 0.717) is 6.04 Å². The lowest BCUT2D eigenvalue weighted by molar-refractivity contribution is 0.424. The Morgan fingerprint density at radius 3 is 2.78 bits per heavy atom. The van der Waals surface area contributed by atoms with E-state index in [9.17, 15) is 0 Å². The van der Waals surface area contributed by atoms with Crippen LogP contribution in [0, 0.1) is 0 Å². The minimum atomic E-state index is 0.557. The number of thioether (sulfide) groups is 1. The average Bonchev–Trinajstić information content (AvgIpc) is 2.92. The summed E-state index contributed by atoms with van der Waals surface area (Å²) in [7, 11) is 0. The van der Waals surface area contributed by atoms with E-state index < -0.39 is 0 Å². The lowest BCUT2D eigenvalue weighted by Crippen LogP contribution is -2.32. The molecule has 1 heterocycles. The van der Waals surface area contributed by atoms with Crippen LogP contribution < -0.4 is 5.32 Å². The SMILES string of the molecule is CCCCCC(NC1CCSC1)c1ccccc1. The van der Waals surface area contributed by atoms with Crippen molar-refractivity contribution in [2.75, 3.05) is 11.5 Å². The molecule has 1 N–H and O–H groups in total. The molecule has 1 aliphatic heterocycles. The Bertz CT molecular complexity index is 319. The van der Waals surface area contributed by atoms with Gasteiger partial charge in [0.2, 0.25) is 0 Å². The second kappa shape index (κ2) is 7.85. The summed E-state index contributed by atoms with van der Waals surface area (Å²) in [6.07, 6.45) is 6.61. The molecule has 2 atom stereocenters. The number of hydrogen-bond donors (Lipinski definition) is 1. The summed E-state index contributed by atoms with van der Waals surface area (Å²) in [5.74, 6) is 2.62. The molecule has 2 rings (SSSR count). The third-order valence-corrected chi connectivity index (χ3v) is 4.83. The van der Waals surface area contributed by atoms with Gasteiger partial charge in [0.25, 0.3) is 0 Å². The van der Waals surface area contributed by atoms with Crippen LogP contribution in [-0.4, -0.2) is 17.5 Å². The third-order valence-electron chi connectivity index (χ3n) is 3.66. The Morgan fingerprint density at radius 1 is 1.28 bits per heavy atom. The van der Waals surface area contributed by atoms with Crippen LogP contribution in [0.4, 0.5) is 0 Å². The molecule has 0 amide bonds. The van der Waals surface area contributed by atoms with E-state index in [0.717, 1.165) is 6.04 Å². The lowest BCUT2D eigenvalue weighted by Gasteiger charge is -2.23. The molecule has 0 spiro atoms. The standard InChI is InChI=1S/C16H25NS/c1-2-3-5-10-16(14-8-6-4-7-9-14)17-15-11-12-18-13-15/h4,6-9,15-17H,2-3,5,10-13H2,1H3. The van der Waals surface area contributed by atoms with Crippen molar-refractivity contribution < 1.29 is 0 Å². The molecule has 0 radical (unpaired) electrons. The van der Waals surface area contributed by atoms with Gasteiger partial charge >= 0.3 is 0 Å². The quantitative estimate of drug-likeness (QED) is 0.732. The molecule has 1 aromatic rings. The number of rotatable bonds is 7. The highest BCUT2D eigenvalue weighted by Crippen LogP contribution is 2.24. The minimum absolute atomic E-state index is 0.557. The molecular weight excluding hydrogens is 238 g/mol. The first kappa shape index (κ1) is 14.0. The summed E-state index contributed by atoms with van der Waals surface area (Å²) >= 11 is 2.09. The van der Waals surface area contributed by atoms with Crippen molar-refractivity contribution in [3.63, 3.8) is 0 Å². The Kier molecular flexibility index (Phi) is 6.09. The molecule has 1 fully saturated rings. The molecule has 1 aromatic carbocycles. The summed E-state index contributed by atoms with van der Waals surface area (Å²) in [4.78, 5) is 0. The first-order valence-electron chi connectivity index (χ1n) is 7.29. The van der Waals surface area contributed by atoms with E-state index in [4.69, 9.17) is 0 Å². The van der Waals surface area contributed by atoms with Gasteiger partial charge in [-0.15, -0.1) is 0 Å². The van der Waals surface area contributed by atoms with Crippen molar-refractivity contribution >= 4 is 11.8 Å². The van der Waals surface area contributed by atoms with Gasteiger partial charge in [0.15, 0.2) is 0 Å². The first-order chi connectivity index (χ1) is 8.90. The second-order valence-corrected chi connectivity index (χ2v) is 6.34. The predicted molar refractivity (Wildman–Crippen MR) is 82.2 cm³/mol. The summed E-state index contributed by atoms with van der Waals surface area (Å²) in [6, 6.07) is 12.2. The van der Waals surface area contributed by atoms with Crippen molar-refractivity contribution in [2.24, 2.45) is 0 Å². The topological polar surface area (TPSA) is 12.0 Å². The van der Waals surface area contributed by atoms with Gasteiger partial charge in [0.1, 0.15) is 0 Å². The number of hydrogen-bond acceptors (Lipinski definition) is 2. The fraction of sp³-hybridized carbons (Fsp3) is 0.625. The van der Waals surface area contributed by atoms with Crippen molar-refractivity contribution in [2.45, 2.75) is 51.1 Å². The van der Waals surface area contributed by atoms with Crippen LogP contribution in [0.1, 0.15) is 50.6 Å². The van der Waals surface area contributed by atoms with Crippen LogP contribution in [0.25, 0.3) is 0 Å². The van der Waals surface area contributed by atoms with Gasteiger partial charge in [-0.05, 0) is 24.2 Å². The Labute approximate surface area is 116 Å². The summed E-state index contributed by atoms with van der Waals surface area (Å²) in [5, 5.41) is 3.87. The highest BCUT2D eigenvalue weighted by molar-refractivity contribution is 7.99. The summed E-state index contributed by atoms with van der Waals surface area (Å²) in [6.45, 7) is 2.28. The molecule has 0 saturated carbocycles. The van der Waals surface area contributed by atoms with Crippen LogP contribution in [0.2, 0.25) is 0 Å². The highest BCUT2D eigenvalue weighted by atomic mass is 32.2. The first-order valence-corrected chi connectivity index (χ1v) is 8.44. The maximum absolute atomic E-state index is 3.87. The van der Waals surface area contributed by atoms with Gasteiger partial charge in [-0.1, -0.05) is 56.5 Å². The van der Waals surface area contributed by atoms with E-state index in [1.807, 2.05) is 0 Å². The third kappa shape index (κ3) is 4.33. The molecule has 1 nitrogen and oxygen atoms in total. The molecule has 0 aliphatic carbocycles. The van der Waals surface area contributed by atoms with Crippen LogP contribution >= 0.6 is 11.8 Å². The van der Waals surface area contributed by atoms with Crippen LogP contribution in [0.3, 0.4) is 0 Å². The lowest BCUT2D eigenvalue weighted by atomic mass is 9.99. The van der Waals surface area contributed by atoms with E-state index in [1.165, 1.54) is 49.2 Å². The van der Waals surface area contributed by atoms with E-state index >= 15 is 0 Å². The van der Waals surface area contributed by atoms with Gasteiger partial charge in [-0.25, -0.2) is 0 Å². The maximum atomic E-state index is 3.87. The molecule has 1 aliphatic rings. The maximum Gasteiger partial charge on any atom is 0.0322 e. The zero-order chi connectivity index (χ0) is 12.6. The summed E-state index contributed by atoms with van der Waals surface area (Å²) < 4.78 is 0. The van der Waals surface area contributed by atoms with Crippen molar-refractivity contribution in [1.82, 2.24) is 5.32 Å². The van der Waals surface area contributed by atoms with Crippen LogP contribution in [0.5, 0.6) is 0 Å². The van der Waals surface area contributed by atoms with Gasteiger partial charge < -0.3 is 5.32 Å². The van der Waals surface area contributed by atoms with Crippen molar-refractivity contribution in [3.8, 4) is 0 Å². The molecule has 2 heteroatoms. The molecule has 18 heavy (non-hydrogen) atoms. The van der Waals surface area contributed by atoms with E-state index in [1.54, 1.807) is 0 Å². The largest absolute Gasteiger partial charge is 0.306 e. The van der Waals surface area contributed by atoms with Gasteiger partial charge in [0, 0.05) is 17.8 Å². The zero-order valence-electron chi connectivity index (χ0n) is 11.4. The average molecular weight is 263 g/mol. The van der Waals surface area contributed by atoms with Gasteiger partial charge in [-0.2, -0.15) is 11.8 Å². The molecule has 100 valence electrons. The molecule has 0 bridgehead atoms. The molecular formula is C16H25NS. The Morgan fingerprint density at radius 2 is 2.11 bits per heavy atom. The predicted octanol–water partition coefficient (Wildman–Crippen LogP) is 4.40. The molecule has 2 unspecified atom stereocenters. The number of unbranched alkanes of at least 4 members (excludes halogenated alkanes) is 2. The van der Waals surface area contributed by atoms with E-state index in [-0.39, 0.29) is 0 Å². The number of nitrogens with one attached hydrogen (secondary N) is 1. The Hall–Kier alpha value is -0.470. The smallest absolute Gasteiger partial charge is 0.0322 e. The van der Waals surface area contributed by atoms with Gasteiger partial charge in [0.05, 0.1) is 0 Å². The highest BCUT2D eigenvalue weighted by Gasteiger charge is 2.20. The fourth-order valence-electron chi connectivity index (χ4n) is 2.58. The zero-order valence-corrected chi connectivity index (χ0v) is 12.2. The van der Waals surface area contributed by atoms with Crippen molar-refractivity contribution in [3.05, 3.63) is 35.9 Å². The molecule has 1 saturated heterocycles. The second-order valence-electron chi connectivity index (χ2n) is 5.19. The molecule has 0 aromatic heterocycles. The van der Waals surface area contributed by atoms with Crippen LogP contribution in [0.15, 0.2) is 30.3 Å². The van der Waals surface area contributed by atoms with Gasteiger partial charge in [-0.3, -0.25) is 0 Å².